The highest BCUT2D eigenvalue weighted by atomic mass is 16.6. The monoisotopic (exact) mass is 420 g/mol. The van der Waals surface area contributed by atoms with E-state index in [1.807, 2.05) is 0 Å². The normalized spacial score (nSPS) is 10.8. The molecule has 0 saturated carbocycles. The fraction of sp³-hybridized carbons (Fsp3) is 0.100. The minimum Gasteiger partial charge on any atom is -0.463 e. The molecule has 11 nitrogen and oxygen atoms in total. The number of benzene rings is 1. The van der Waals surface area contributed by atoms with Gasteiger partial charge >= 0.3 is 0 Å². The van der Waals surface area contributed by atoms with E-state index in [0.29, 0.717) is 22.7 Å². The minimum atomic E-state index is -0.592. The summed E-state index contributed by atoms with van der Waals surface area (Å²) in [5.41, 5.74) is 0.828. The lowest BCUT2D eigenvalue weighted by atomic mass is 10.1. The fourth-order valence-electron chi connectivity index (χ4n) is 2.98. The third kappa shape index (κ3) is 3.96. The molecule has 11 heteroatoms. The van der Waals surface area contributed by atoms with Crippen LogP contribution in [0.25, 0.3) is 17.4 Å². The van der Waals surface area contributed by atoms with E-state index in [-0.39, 0.29) is 28.6 Å². The van der Waals surface area contributed by atoms with Crippen LogP contribution in [0.5, 0.6) is 0 Å². The molecule has 4 rings (SSSR count). The second-order valence-electron chi connectivity index (χ2n) is 6.73. The number of carbonyl (C=O) groups excluding carboxylic acids is 1. The standard InChI is InChI=1S/C20H16N6O5/c1-11-5-6-13(9-15(11)26(29)30)19(28)22-17-10-14(16-4-3-7-31-16)24-25(17)20-21-12(2)8-18(27)23-20/h3-10H,1-2H3,(H,22,28)(H,21,23,27). The van der Waals surface area contributed by atoms with Gasteiger partial charge in [-0.15, -0.1) is 0 Å². The molecule has 3 aromatic heterocycles. The molecule has 4 aromatic rings. The largest absolute Gasteiger partial charge is 0.463 e. The predicted molar refractivity (Wildman–Crippen MR) is 110 cm³/mol. The van der Waals surface area contributed by atoms with Gasteiger partial charge in [-0.2, -0.15) is 9.78 Å². The van der Waals surface area contributed by atoms with Crippen molar-refractivity contribution in [2.75, 3.05) is 5.32 Å². The molecular formula is C20H16N6O5. The number of amides is 1. The predicted octanol–water partition coefficient (Wildman–Crippen LogP) is 2.99. The van der Waals surface area contributed by atoms with Crippen molar-refractivity contribution in [3.8, 4) is 17.4 Å². The molecule has 2 N–H and O–H groups in total. The average molecular weight is 420 g/mol. The summed E-state index contributed by atoms with van der Waals surface area (Å²) in [4.78, 5) is 42.2. The Hall–Kier alpha value is -4.54. The van der Waals surface area contributed by atoms with Gasteiger partial charge < -0.3 is 9.73 Å². The zero-order valence-electron chi connectivity index (χ0n) is 16.4. The fourth-order valence-corrected chi connectivity index (χ4v) is 2.98. The molecule has 0 aliphatic rings. The number of anilines is 1. The van der Waals surface area contributed by atoms with Crippen molar-refractivity contribution in [3.05, 3.63) is 86.0 Å². The molecule has 0 unspecified atom stereocenters. The zero-order chi connectivity index (χ0) is 22.1. The van der Waals surface area contributed by atoms with Crippen LogP contribution in [0, 0.1) is 24.0 Å². The van der Waals surface area contributed by atoms with E-state index in [0.717, 1.165) is 0 Å². The molecule has 156 valence electrons. The third-order valence-corrected chi connectivity index (χ3v) is 4.45. The number of H-pyrrole nitrogens is 1. The topological polar surface area (TPSA) is 149 Å². The first-order valence-corrected chi connectivity index (χ1v) is 9.10. The van der Waals surface area contributed by atoms with Gasteiger partial charge in [-0.05, 0) is 32.0 Å². The Labute approximate surface area is 174 Å². The molecule has 0 bridgehead atoms. The second kappa shape index (κ2) is 7.71. The second-order valence-corrected chi connectivity index (χ2v) is 6.73. The van der Waals surface area contributed by atoms with Crippen LogP contribution in [-0.2, 0) is 0 Å². The van der Waals surface area contributed by atoms with Gasteiger partial charge in [-0.25, -0.2) is 4.98 Å². The molecule has 0 radical (unpaired) electrons. The number of aromatic nitrogens is 4. The number of furan rings is 1. The van der Waals surface area contributed by atoms with Crippen LogP contribution < -0.4 is 10.9 Å². The number of nitrogens with one attached hydrogen (secondary N) is 2. The van der Waals surface area contributed by atoms with Crippen LogP contribution in [0.1, 0.15) is 21.6 Å². The Kier molecular flexibility index (Phi) is 4.91. The first kappa shape index (κ1) is 19.8. The van der Waals surface area contributed by atoms with Gasteiger partial charge in [0.15, 0.2) is 5.76 Å². The van der Waals surface area contributed by atoms with Crippen LogP contribution in [-0.4, -0.2) is 30.6 Å². The highest BCUT2D eigenvalue weighted by Crippen LogP contribution is 2.25. The van der Waals surface area contributed by atoms with Gasteiger partial charge in [0.05, 0.1) is 11.2 Å². The summed E-state index contributed by atoms with van der Waals surface area (Å²) in [6.07, 6.45) is 1.48. The van der Waals surface area contributed by atoms with Crippen molar-refractivity contribution in [3.63, 3.8) is 0 Å². The summed E-state index contributed by atoms with van der Waals surface area (Å²) in [5, 5.41) is 18.2. The van der Waals surface area contributed by atoms with Gasteiger partial charge in [0.1, 0.15) is 11.5 Å². The highest BCUT2D eigenvalue weighted by molar-refractivity contribution is 6.04. The number of rotatable bonds is 5. The summed E-state index contributed by atoms with van der Waals surface area (Å²) in [5.74, 6) is 0.127. The van der Waals surface area contributed by atoms with Crippen molar-refractivity contribution in [1.29, 1.82) is 0 Å². The molecule has 31 heavy (non-hydrogen) atoms. The van der Waals surface area contributed by atoms with Gasteiger partial charge in [-0.1, -0.05) is 6.07 Å². The summed E-state index contributed by atoms with van der Waals surface area (Å²) >= 11 is 0. The highest BCUT2D eigenvalue weighted by Gasteiger charge is 2.20. The van der Waals surface area contributed by atoms with E-state index in [1.165, 1.54) is 35.2 Å². The molecule has 0 spiro atoms. The summed E-state index contributed by atoms with van der Waals surface area (Å²) in [6, 6.07) is 10.4. The first-order chi connectivity index (χ1) is 14.8. The van der Waals surface area contributed by atoms with E-state index >= 15 is 0 Å². The molecule has 0 aliphatic carbocycles. The van der Waals surface area contributed by atoms with Crippen LogP contribution >= 0.6 is 0 Å². The van der Waals surface area contributed by atoms with Crippen molar-refractivity contribution >= 4 is 17.4 Å². The summed E-state index contributed by atoms with van der Waals surface area (Å²) < 4.78 is 6.62. The van der Waals surface area contributed by atoms with Crippen LogP contribution in [0.15, 0.2) is 57.9 Å². The molecule has 1 aromatic carbocycles. The summed E-state index contributed by atoms with van der Waals surface area (Å²) in [7, 11) is 0. The maximum Gasteiger partial charge on any atom is 0.273 e. The Morgan fingerprint density at radius 2 is 2.03 bits per heavy atom. The van der Waals surface area contributed by atoms with E-state index < -0.39 is 10.8 Å². The van der Waals surface area contributed by atoms with Crippen molar-refractivity contribution in [2.24, 2.45) is 0 Å². The number of nitro benzene ring substituents is 1. The van der Waals surface area contributed by atoms with Gasteiger partial charge in [0, 0.05) is 35.0 Å². The Morgan fingerprint density at radius 3 is 2.71 bits per heavy atom. The van der Waals surface area contributed by atoms with Crippen LogP contribution in [0.3, 0.4) is 0 Å². The Bertz CT molecular complexity index is 1350. The smallest absolute Gasteiger partial charge is 0.273 e. The maximum absolute atomic E-state index is 12.8. The molecule has 0 fully saturated rings. The number of aromatic amines is 1. The van der Waals surface area contributed by atoms with Crippen LogP contribution in [0.4, 0.5) is 11.5 Å². The van der Waals surface area contributed by atoms with E-state index in [9.17, 15) is 19.7 Å². The van der Waals surface area contributed by atoms with Gasteiger partial charge in [0.25, 0.3) is 17.2 Å². The van der Waals surface area contributed by atoms with Crippen molar-refractivity contribution in [1.82, 2.24) is 19.7 Å². The molecule has 3 heterocycles. The number of nitrogens with zero attached hydrogens (tertiary/aromatic N) is 4. The van der Waals surface area contributed by atoms with Crippen molar-refractivity contribution < 1.29 is 14.1 Å². The molecule has 1 amide bonds. The Morgan fingerprint density at radius 1 is 1.23 bits per heavy atom. The van der Waals surface area contributed by atoms with E-state index in [2.05, 4.69) is 20.4 Å². The number of carbonyl (C=O) groups is 1. The number of hydrogen-bond donors (Lipinski definition) is 2. The SMILES string of the molecule is Cc1cc(=O)[nH]c(-n2nc(-c3ccco3)cc2NC(=O)c2ccc(C)c([N+](=O)[O-])c2)n1. The van der Waals surface area contributed by atoms with Crippen LogP contribution in [0.2, 0.25) is 0 Å². The molecule has 0 atom stereocenters. The number of aryl methyl sites for hydroxylation is 2. The maximum atomic E-state index is 12.8. The third-order valence-electron chi connectivity index (χ3n) is 4.45. The van der Waals surface area contributed by atoms with Gasteiger partial charge in [0.2, 0.25) is 5.95 Å². The van der Waals surface area contributed by atoms with E-state index in [4.69, 9.17) is 4.42 Å². The lowest BCUT2D eigenvalue weighted by molar-refractivity contribution is -0.385. The number of hydrogen-bond acceptors (Lipinski definition) is 7. The first-order valence-electron chi connectivity index (χ1n) is 9.10. The zero-order valence-corrected chi connectivity index (χ0v) is 16.4. The Balaban J connectivity index is 1.77. The molecule has 0 aliphatic heterocycles. The lowest BCUT2D eigenvalue weighted by Gasteiger charge is -2.08. The molecule has 0 saturated heterocycles. The quantitative estimate of drug-likeness (QED) is 0.372. The average Bonchev–Trinajstić information content (AvgIpc) is 3.37. The van der Waals surface area contributed by atoms with Gasteiger partial charge in [-0.3, -0.25) is 24.7 Å². The summed E-state index contributed by atoms with van der Waals surface area (Å²) in [6.45, 7) is 3.24. The molecular weight excluding hydrogens is 404 g/mol. The van der Waals surface area contributed by atoms with E-state index in [1.54, 1.807) is 32.0 Å². The minimum absolute atomic E-state index is 0.0907. The lowest BCUT2D eigenvalue weighted by Crippen LogP contribution is -2.19. The van der Waals surface area contributed by atoms with Crippen molar-refractivity contribution in [2.45, 2.75) is 13.8 Å². The number of nitro groups is 1.